The second kappa shape index (κ2) is 4.67. The summed E-state index contributed by atoms with van der Waals surface area (Å²) in [5, 5.41) is 9.63. The molecule has 0 aliphatic carbocycles. The van der Waals surface area contributed by atoms with E-state index in [-0.39, 0.29) is 0 Å². The van der Waals surface area contributed by atoms with E-state index < -0.39 is 6.09 Å². The molecule has 0 bridgehead atoms. The summed E-state index contributed by atoms with van der Waals surface area (Å²) in [7, 11) is 0. The summed E-state index contributed by atoms with van der Waals surface area (Å²) in [6, 6.07) is 16.6. The minimum Gasteiger partial charge on any atom is -0.464 e. The van der Waals surface area contributed by atoms with Crippen molar-refractivity contribution in [2.75, 3.05) is 5.01 Å². The van der Waals surface area contributed by atoms with Crippen molar-refractivity contribution in [3.05, 3.63) is 54.6 Å². The summed E-state index contributed by atoms with van der Waals surface area (Å²) < 4.78 is 0. The zero-order chi connectivity index (χ0) is 12.3. The highest BCUT2D eigenvalue weighted by Crippen LogP contribution is 2.29. The van der Waals surface area contributed by atoms with Gasteiger partial charge in [0.1, 0.15) is 0 Å². The van der Waals surface area contributed by atoms with E-state index in [2.05, 4.69) is 0 Å². The lowest BCUT2D eigenvalue weighted by molar-refractivity contribution is 0.202. The molecule has 86 valence electrons. The second-order valence-electron chi connectivity index (χ2n) is 3.54. The molecule has 2 rings (SSSR count). The Bertz CT molecular complexity index is 526. The molecule has 0 aliphatic heterocycles. The van der Waals surface area contributed by atoms with Gasteiger partial charge in [-0.2, -0.15) is 0 Å². The molecule has 0 radical (unpaired) electrons. The topological polar surface area (TPSA) is 66.6 Å². The monoisotopic (exact) mass is 228 g/mol. The van der Waals surface area contributed by atoms with Crippen molar-refractivity contribution < 1.29 is 9.90 Å². The van der Waals surface area contributed by atoms with Crippen LogP contribution in [0.5, 0.6) is 0 Å². The molecular weight excluding hydrogens is 216 g/mol. The van der Waals surface area contributed by atoms with Crippen LogP contribution < -0.4 is 10.9 Å². The highest BCUT2D eigenvalue weighted by atomic mass is 16.4. The van der Waals surface area contributed by atoms with Crippen LogP contribution in [0, 0.1) is 0 Å². The van der Waals surface area contributed by atoms with Gasteiger partial charge in [-0.25, -0.2) is 15.6 Å². The Balaban J connectivity index is 2.52. The fourth-order valence-electron chi connectivity index (χ4n) is 1.65. The number of amides is 1. The van der Waals surface area contributed by atoms with E-state index in [1.165, 1.54) is 0 Å². The number of hydrogen-bond donors (Lipinski definition) is 2. The minimum absolute atomic E-state index is 0.464. The zero-order valence-corrected chi connectivity index (χ0v) is 9.08. The van der Waals surface area contributed by atoms with Gasteiger partial charge in [0.25, 0.3) is 0 Å². The molecule has 1 amide bonds. The van der Waals surface area contributed by atoms with Gasteiger partial charge in [-0.15, -0.1) is 0 Å². The molecule has 0 heterocycles. The standard InChI is InChI=1S/C13H12N2O2/c14-15(13(16)17)12-9-5-4-8-11(12)10-6-2-1-3-7-10/h1-9H,14H2,(H,16,17). The summed E-state index contributed by atoms with van der Waals surface area (Å²) >= 11 is 0. The number of nitrogens with zero attached hydrogens (tertiary/aromatic N) is 1. The Morgan fingerprint density at radius 3 is 2.24 bits per heavy atom. The Labute approximate surface area is 98.9 Å². The Hall–Kier alpha value is -2.33. The van der Waals surface area contributed by atoms with Gasteiger partial charge in [0.15, 0.2) is 0 Å². The first-order valence-corrected chi connectivity index (χ1v) is 5.12. The highest BCUT2D eigenvalue weighted by Gasteiger charge is 2.13. The summed E-state index contributed by atoms with van der Waals surface area (Å²) in [4.78, 5) is 10.9. The van der Waals surface area contributed by atoms with E-state index in [1.54, 1.807) is 12.1 Å². The molecule has 4 heteroatoms. The fourth-order valence-corrected chi connectivity index (χ4v) is 1.65. The largest absolute Gasteiger partial charge is 0.464 e. The van der Waals surface area contributed by atoms with Crippen LogP contribution in [0.25, 0.3) is 11.1 Å². The van der Waals surface area contributed by atoms with Crippen LogP contribution in [0.3, 0.4) is 0 Å². The zero-order valence-electron chi connectivity index (χ0n) is 9.08. The normalized spacial score (nSPS) is 9.94. The summed E-state index contributed by atoms with van der Waals surface area (Å²) in [5.74, 6) is 5.51. The fraction of sp³-hybridized carbons (Fsp3) is 0. The third-order valence-electron chi connectivity index (χ3n) is 2.45. The molecule has 3 N–H and O–H groups in total. The molecule has 0 saturated heterocycles. The van der Waals surface area contributed by atoms with Crippen molar-refractivity contribution in [3.8, 4) is 11.1 Å². The van der Waals surface area contributed by atoms with Crippen LogP contribution in [0.4, 0.5) is 10.5 Å². The number of hydrogen-bond acceptors (Lipinski definition) is 2. The van der Waals surface area contributed by atoms with Crippen LogP contribution >= 0.6 is 0 Å². The lowest BCUT2D eigenvalue weighted by atomic mass is 10.0. The molecule has 17 heavy (non-hydrogen) atoms. The Morgan fingerprint density at radius 1 is 1.00 bits per heavy atom. The quantitative estimate of drug-likeness (QED) is 0.472. The highest BCUT2D eigenvalue weighted by molar-refractivity contribution is 5.91. The van der Waals surface area contributed by atoms with Gasteiger partial charge < -0.3 is 5.11 Å². The number of hydrazine groups is 1. The van der Waals surface area contributed by atoms with E-state index in [1.807, 2.05) is 42.5 Å². The molecule has 0 aromatic heterocycles. The van der Waals surface area contributed by atoms with E-state index in [9.17, 15) is 4.79 Å². The molecule has 2 aromatic rings. The maximum Gasteiger partial charge on any atom is 0.426 e. The Morgan fingerprint density at radius 2 is 1.59 bits per heavy atom. The number of benzene rings is 2. The first-order valence-electron chi connectivity index (χ1n) is 5.12. The van der Waals surface area contributed by atoms with E-state index in [0.29, 0.717) is 5.69 Å². The number of anilines is 1. The predicted molar refractivity (Wildman–Crippen MR) is 66.6 cm³/mol. The number of nitrogens with two attached hydrogens (primary N) is 1. The van der Waals surface area contributed by atoms with Crippen molar-refractivity contribution >= 4 is 11.8 Å². The molecule has 0 saturated carbocycles. The van der Waals surface area contributed by atoms with E-state index >= 15 is 0 Å². The molecular formula is C13H12N2O2. The number of carboxylic acid groups (broad SMARTS) is 1. The molecule has 0 unspecified atom stereocenters. The average molecular weight is 228 g/mol. The van der Waals surface area contributed by atoms with Gasteiger partial charge in [-0.05, 0) is 11.6 Å². The van der Waals surface area contributed by atoms with Crippen molar-refractivity contribution in [1.82, 2.24) is 0 Å². The Kier molecular flexibility index (Phi) is 3.07. The van der Waals surface area contributed by atoms with Crippen LogP contribution in [0.1, 0.15) is 0 Å². The van der Waals surface area contributed by atoms with Crippen LogP contribution in [-0.2, 0) is 0 Å². The minimum atomic E-state index is -1.19. The summed E-state index contributed by atoms with van der Waals surface area (Å²) in [6.45, 7) is 0. The average Bonchev–Trinajstić information content (AvgIpc) is 2.39. The molecule has 0 spiro atoms. The van der Waals surface area contributed by atoms with Crippen LogP contribution in [-0.4, -0.2) is 11.2 Å². The smallest absolute Gasteiger partial charge is 0.426 e. The number of para-hydroxylation sites is 1. The van der Waals surface area contributed by atoms with Crippen molar-refractivity contribution in [1.29, 1.82) is 0 Å². The lowest BCUT2D eigenvalue weighted by Crippen LogP contribution is -2.36. The third kappa shape index (κ3) is 2.26. The summed E-state index contributed by atoms with van der Waals surface area (Å²) in [6.07, 6.45) is -1.19. The van der Waals surface area contributed by atoms with Crippen molar-refractivity contribution in [2.45, 2.75) is 0 Å². The maximum atomic E-state index is 10.9. The molecule has 2 aromatic carbocycles. The molecule has 0 aliphatic rings. The van der Waals surface area contributed by atoms with Crippen LogP contribution in [0.2, 0.25) is 0 Å². The first-order chi connectivity index (χ1) is 8.20. The van der Waals surface area contributed by atoms with Gasteiger partial charge in [-0.1, -0.05) is 48.5 Å². The lowest BCUT2D eigenvalue weighted by Gasteiger charge is -2.16. The van der Waals surface area contributed by atoms with Gasteiger partial charge in [0.05, 0.1) is 5.69 Å². The maximum absolute atomic E-state index is 10.9. The number of carbonyl (C=O) groups is 1. The summed E-state index contributed by atoms with van der Waals surface area (Å²) in [5.41, 5.74) is 2.18. The SMILES string of the molecule is NN(C(=O)O)c1ccccc1-c1ccccc1. The molecule has 0 atom stereocenters. The van der Waals surface area contributed by atoms with Crippen molar-refractivity contribution in [3.63, 3.8) is 0 Å². The van der Waals surface area contributed by atoms with Gasteiger partial charge >= 0.3 is 6.09 Å². The first kappa shape index (κ1) is 11.2. The van der Waals surface area contributed by atoms with E-state index in [4.69, 9.17) is 10.9 Å². The van der Waals surface area contributed by atoms with E-state index in [0.717, 1.165) is 16.1 Å². The second-order valence-corrected chi connectivity index (χ2v) is 3.54. The predicted octanol–water partition coefficient (Wildman–Crippen LogP) is 2.71. The number of rotatable bonds is 2. The van der Waals surface area contributed by atoms with Crippen LogP contribution in [0.15, 0.2) is 54.6 Å². The van der Waals surface area contributed by atoms with Crippen molar-refractivity contribution in [2.24, 2.45) is 5.84 Å². The third-order valence-corrected chi connectivity index (χ3v) is 2.45. The molecule has 4 nitrogen and oxygen atoms in total. The van der Waals surface area contributed by atoms with Gasteiger partial charge in [0.2, 0.25) is 0 Å². The van der Waals surface area contributed by atoms with Gasteiger partial charge in [0, 0.05) is 5.56 Å². The van der Waals surface area contributed by atoms with Gasteiger partial charge in [-0.3, -0.25) is 0 Å². The molecule has 0 fully saturated rings.